The van der Waals surface area contributed by atoms with Gasteiger partial charge in [0, 0.05) is 25.1 Å². The fourth-order valence-corrected chi connectivity index (χ4v) is 3.67. The van der Waals surface area contributed by atoms with Crippen LogP contribution < -0.4 is 0 Å². The van der Waals surface area contributed by atoms with E-state index in [0.29, 0.717) is 11.7 Å². The lowest BCUT2D eigenvalue weighted by Crippen LogP contribution is -2.23. The largest absolute Gasteiger partial charge is 0.337 e. The molecular formula is C21H20N6O. The SMILES string of the molecule is c1ccc(-c2noc([C@@H]3CCCN3Cc3ccc(-n4cccn4)cc3)n2)nc1. The zero-order valence-corrected chi connectivity index (χ0v) is 15.3. The maximum Gasteiger partial charge on any atom is 0.244 e. The van der Waals surface area contributed by atoms with Gasteiger partial charge in [-0.05, 0) is 55.3 Å². The van der Waals surface area contributed by atoms with Crippen LogP contribution in [-0.4, -0.2) is 36.3 Å². The summed E-state index contributed by atoms with van der Waals surface area (Å²) in [6.07, 6.45) is 7.61. The van der Waals surface area contributed by atoms with Gasteiger partial charge in [-0.25, -0.2) is 4.68 Å². The van der Waals surface area contributed by atoms with Gasteiger partial charge in [-0.1, -0.05) is 23.4 Å². The number of likely N-dealkylation sites (tertiary alicyclic amines) is 1. The summed E-state index contributed by atoms with van der Waals surface area (Å²) < 4.78 is 7.45. The number of aromatic nitrogens is 5. The van der Waals surface area contributed by atoms with Gasteiger partial charge in [-0.2, -0.15) is 10.1 Å². The monoisotopic (exact) mass is 372 g/mol. The summed E-state index contributed by atoms with van der Waals surface area (Å²) in [5, 5.41) is 8.40. The number of benzene rings is 1. The minimum Gasteiger partial charge on any atom is -0.337 e. The molecule has 7 heteroatoms. The summed E-state index contributed by atoms with van der Waals surface area (Å²) in [5.74, 6) is 1.22. The van der Waals surface area contributed by atoms with Crippen molar-refractivity contribution in [2.75, 3.05) is 6.54 Å². The van der Waals surface area contributed by atoms with Crippen molar-refractivity contribution >= 4 is 0 Å². The summed E-state index contributed by atoms with van der Waals surface area (Å²) in [6, 6.07) is 16.3. The molecule has 0 N–H and O–H groups in total. The lowest BCUT2D eigenvalue weighted by molar-refractivity contribution is 0.201. The van der Waals surface area contributed by atoms with Gasteiger partial charge in [0.1, 0.15) is 5.69 Å². The van der Waals surface area contributed by atoms with Gasteiger partial charge >= 0.3 is 0 Å². The van der Waals surface area contributed by atoms with Crippen molar-refractivity contribution in [1.82, 2.24) is 29.8 Å². The summed E-state index contributed by atoms with van der Waals surface area (Å²) in [4.78, 5) is 11.3. The van der Waals surface area contributed by atoms with E-state index in [4.69, 9.17) is 4.52 Å². The first-order valence-corrected chi connectivity index (χ1v) is 9.45. The van der Waals surface area contributed by atoms with Gasteiger partial charge in [0.15, 0.2) is 0 Å². The molecule has 0 spiro atoms. The maximum atomic E-state index is 5.58. The molecule has 0 bridgehead atoms. The highest BCUT2D eigenvalue weighted by atomic mass is 16.5. The molecule has 0 aliphatic carbocycles. The molecule has 140 valence electrons. The van der Waals surface area contributed by atoms with E-state index in [2.05, 4.69) is 49.4 Å². The second kappa shape index (κ2) is 7.36. The Hall–Kier alpha value is -3.32. The van der Waals surface area contributed by atoms with Crippen LogP contribution in [0.15, 0.2) is 71.6 Å². The molecule has 1 saturated heterocycles. The van der Waals surface area contributed by atoms with E-state index >= 15 is 0 Å². The number of nitrogens with zero attached hydrogens (tertiary/aromatic N) is 6. The first-order chi connectivity index (χ1) is 13.9. The Bertz CT molecular complexity index is 1030. The number of pyridine rings is 1. The Kier molecular flexibility index (Phi) is 4.42. The molecular weight excluding hydrogens is 352 g/mol. The Morgan fingerprint density at radius 3 is 2.75 bits per heavy atom. The topological polar surface area (TPSA) is 72.9 Å². The van der Waals surface area contributed by atoms with Crippen molar-refractivity contribution in [3.05, 3.63) is 78.6 Å². The molecule has 1 aliphatic heterocycles. The summed E-state index contributed by atoms with van der Waals surface area (Å²) in [7, 11) is 0. The van der Waals surface area contributed by atoms with E-state index in [0.717, 1.165) is 37.3 Å². The molecule has 0 amide bonds. The normalized spacial score (nSPS) is 17.2. The molecule has 28 heavy (non-hydrogen) atoms. The van der Waals surface area contributed by atoms with Crippen molar-refractivity contribution in [3.8, 4) is 17.2 Å². The van der Waals surface area contributed by atoms with Crippen LogP contribution in [0.2, 0.25) is 0 Å². The summed E-state index contributed by atoms with van der Waals surface area (Å²) in [5.41, 5.74) is 3.05. The Morgan fingerprint density at radius 1 is 1.04 bits per heavy atom. The second-order valence-electron chi connectivity index (χ2n) is 6.92. The molecule has 4 heterocycles. The van der Waals surface area contributed by atoms with Gasteiger partial charge in [-0.15, -0.1) is 0 Å². The third-order valence-electron chi connectivity index (χ3n) is 5.08. The van der Waals surface area contributed by atoms with Crippen molar-refractivity contribution in [1.29, 1.82) is 0 Å². The molecule has 1 aliphatic rings. The molecule has 0 saturated carbocycles. The quantitative estimate of drug-likeness (QED) is 0.532. The smallest absolute Gasteiger partial charge is 0.244 e. The van der Waals surface area contributed by atoms with Crippen LogP contribution in [0, 0.1) is 0 Å². The molecule has 5 rings (SSSR count). The van der Waals surface area contributed by atoms with Crippen molar-refractivity contribution in [2.24, 2.45) is 0 Å². The van der Waals surface area contributed by atoms with E-state index in [1.54, 1.807) is 12.4 Å². The van der Waals surface area contributed by atoms with Crippen LogP contribution in [0.3, 0.4) is 0 Å². The number of rotatable bonds is 5. The van der Waals surface area contributed by atoms with Crippen LogP contribution in [0.5, 0.6) is 0 Å². The molecule has 1 atom stereocenters. The van der Waals surface area contributed by atoms with Crippen LogP contribution >= 0.6 is 0 Å². The fraction of sp³-hybridized carbons (Fsp3) is 0.238. The van der Waals surface area contributed by atoms with E-state index in [1.807, 2.05) is 35.1 Å². The van der Waals surface area contributed by atoms with Gasteiger partial charge in [0.05, 0.1) is 11.7 Å². The molecule has 1 fully saturated rings. The predicted molar refractivity (Wildman–Crippen MR) is 103 cm³/mol. The molecule has 3 aromatic heterocycles. The number of hydrogen-bond donors (Lipinski definition) is 0. The third-order valence-corrected chi connectivity index (χ3v) is 5.08. The Balaban J connectivity index is 1.31. The lowest BCUT2D eigenvalue weighted by Gasteiger charge is -2.21. The minimum absolute atomic E-state index is 0.149. The van der Waals surface area contributed by atoms with Crippen molar-refractivity contribution < 1.29 is 4.52 Å². The Morgan fingerprint density at radius 2 is 1.96 bits per heavy atom. The van der Waals surface area contributed by atoms with E-state index in [-0.39, 0.29) is 6.04 Å². The van der Waals surface area contributed by atoms with E-state index in [1.165, 1.54) is 5.56 Å². The molecule has 1 aromatic carbocycles. The first kappa shape index (κ1) is 16.8. The summed E-state index contributed by atoms with van der Waals surface area (Å²) in [6.45, 7) is 1.87. The standard InChI is InChI=1S/C21H20N6O/c1-2-11-22-18(5-1)20-24-21(28-25-20)19-6-3-13-26(19)15-16-7-9-17(10-8-16)27-14-4-12-23-27/h1-2,4-5,7-12,14,19H,3,6,13,15H2/t19-/m0/s1. The zero-order chi connectivity index (χ0) is 18.8. The molecule has 7 nitrogen and oxygen atoms in total. The van der Waals surface area contributed by atoms with E-state index < -0.39 is 0 Å². The van der Waals surface area contributed by atoms with Gasteiger partial charge < -0.3 is 4.52 Å². The minimum atomic E-state index is 0.149. The first-order valence-electron chi connectivity index (χ1n) is 9.45. The van der Waals surface area contributed by atoms with Crippen molar-refractivity contribution in [2.45, 2.75) is 25.4 Å². The maximum absolute atomic E-state index is 5.58. The average molecular weight is 372 g/mol. The average Bonchev–Trinajstić information content (AvgIpc) is 3.51. The van der Waals surface area contributed by atoms with Crippen LogP contribution in [0.1, 0.15) is 30.3 Å². The third kappa shape index (κ3) is 3.32. The predicted octanol–water partition coefficient (Wildman–Crippen LogP) is 3.65. The van der Waals surface area contributed by atoms with E-state index in [9.17, 15) is 0 Å². The zero-order valence-electron chi connectivity index (χ0n) is 15.3. The highest BCUT2D eigenvalue weighted by Gasteiger charge is 2.30. The van der Waals surface area contributed by atoms with Gasteiger partial charge in [0.2, 0.25) is 11.7 Å². The van der Waals surface area contributed by atoms with Gasteiger partial charge in [-0.3, -0.25) is 9.88 Å². The highest BCUT2D eigenvalue weighted by molar-refractivity contribution is 5.47. The lowest BCUT2D eigenvalue weighted by atomic mass is 10.1. The van der Waals surface area contributed by atoms with Crippen molar-refractivity contribution in [3.63, 3.8) is 0 Å². The second-order valence-corrected chi connectivity index (χ2v) is 6.92. The molecule has 0 unspecified atom stereocenters. The Labute approximate surface area is 162 Å². The summed E-state index contributed by atoms with van der Waals surface area (Å²) >= 11 is 0. The van der Waals surface area contributed by atoms with Crippen LogP contribution in [0.4, 0.5) is 0 Å². The van der Waals surface area contributed by atoms with Crippen LogP contribution in [0.25, 0.3) is 17.2 Å². The van der Waals surface area contributed by atoms with Crippen LogP contribution in [-0.2, 0) is 6.54 Å². The molecule has 4 aromatic rings. The molecule has 0 radical (unpaired) electrons. The highest BCUT2D eigenvalue weighted by Crippen LogP contribution is 2.33. The van der Waals surface area contributed by atoms with Gasteiger partial charge in [0.25, 0.3) is 0 Å². The fourth-order valence-electron chi connectivity index (χ4n) is 3.67. The number of hydrogen-bond acceptors (Lipinski definition) is 6.